The molecular weight excluding hydrogens is 216 g/mol. The maximum Gasteiger partial charge on any atom is 0.207 e. The van der Waals surface area contributed by atoms with Crippen LogP contribution in [0.15, 0.2) is 24.7 Å². The Kier molecular flexibility index (Phi) is 1.91. The van der Waals surface area contributed by atoms with Crippen LogP contribution < -0.4 is 5.73 Å². The van der Waals surface area contributed by atoms with Crippen molar-refractivity contribution in [2.45, 2.75) is 6.92 Å². The molecule has 3 rings (SSSR count). The molecule has 0 atom stereocenters. The molecule has 0 unspecified atom stereocenters. The molecule has 0 saturated heterocycles. The lowest BCUT2D eigenvalue weighted by Crippen LogP contribution is -2.00. The fourth-order valence-electron chi connectivity index (χ4n) is 1.89. The van der Waals surface area contributed by atoms with Crippen LogP contribution in [0.25, 0.3) is 16.9 Å². The molecule has 0 radical (unpaired) electrons. The molecule has 0 spiro atoms. The highest BCUT2D eigenvalue weighted by Gasteiger charge is 2.13. The summed E-state index contributed by atoms with van der Waals surface area (Å²) in [5, 5.41) is 4.13. The number of aromatic nitrogens is 5. The van der Waals surface area contributed by atoms with Crippen LogP contribution in [0, 0.1) is 6.92 Å². The van der Waals surface area contributed by atoms with Crippen molar-refractivity contribution in [2.24, 2.45) is 7.05 Å². The topological polar surface area (TPSA) is 74.6 Å². The quantitative estimate of drug-likeness (QED) is 0.675. The maximum atomic E-state index is 5.94. The number of nitrogens with zero attached hydrogens (tertiary/aromatic N) is 5. The van der Waals surface area contributed by atoms with Crippen molar-refractivity contribution >= 4 is 17.1 Å². The van der Waals surface area contributed by atoms with Crippen LogP contribution in [-0.4, -0.2) is 24.3 Å². The van der Waals surface area contributed by atoms with Crippen LogP contribution in [0.4, 0.5) is 5.95 Å². The molecule has 3 aromatic heterocycles. The zero-order chi connectivity index (χ0) is 12.0. The predicted molar refractivity (Wildman–Crippen MR) is 64.8 cm³/mol. The molecule has 0 aromatic carbocycles. The lowest BCUT2D eigenvalue weighted by atomic mass is 10.3. The predicted octanol–water partition coefficient (Wildman–Crippen LogP) is 1.04. The Labute approximate surface area is 97.7 Å². The molecule has 3 aromatic rings. The highest BCUT2D eigenvalue weighted by Crippen LogP contribution is 2.22. The second-order valence-electron chi connectivity index (χ2n) is 3.98. The van der Waals surface area contributed by atoms with Gasteiger partial charge in [0.05, 0.1) is 11.9 Å². The third-order valence-corrected chi connectivity index (χ3v) is 2.72. The summed E-state index contributed by atoms with van der Waals surface area (Å²) in [7, 11) is 1.86. The molecule has 2 N–H and O–H groups in total. The van der Waals surface area contributed by atoms with Crippen LogP contribution >= 0.6 is 0 Å². The number of rotatable bonds is 1. The van der Waals surface area contributed by atoms with E-state index in [1.807, 2.05) is 26.2 Å². The summed E-state index contributed by atoms with van der Waals surface area (Å²) in [4.78, 5) is 8.67. The molecule has 3 heterocycles. The third kappa shape index (κ3) is 1.37. The van der Waals surface area contributed by atoms with E-state index in [9.17, 15) is 0 Å². The first kappa shape index (κ1) is 9.83. The monoisotopic (exact) mass is 228 g/mol. The molecule has 0 saturated carbocycles. The number of fused-ring (bicyclic) bond motifs is 1. The zero-order valence-corrected chi connectivity index (χ0v) is 9.62. The van der Waals surface area contributed by atoms with Crippen LogP contribution in [-0.2, 0) is 7.05 Å². The number of nitrogens with two attached hydrogens (primary N) is 1. The molecule has 86 valence electrons. The fraction of sp³-hybridized carbons (Fsp3) is 0.182. The number of anilines is 1. The number of aryl methyl sites for hydroxylation is 2. The van der Waals surface area contributed by atoms with Crippen LogP contribution in [0.5, 0.6) is 0 Å². The van der Waals surface area contributed by atoms with E-state index < -0.39 is 0 Å². The summed E-state index contributed by atoms with van der Waals surface area (Å²) in [5.41, 5.74) is 9.45. The van der Waals surface area contributed by atoms with Crippen molar-refractivity contribution in [3.05, 3.63) is 30.2 Å². The van der Waals surface area contributed by atoms with Gasteiger partial charge in [-0.1, -0.05) is 0 Å². The Bertz CT molecular complexity index is 693. The molecule has 0 aliphatic carbocycles. The van der Waals surface area contributed by atoms with Crippen molar-refractivity contribution in [3.63, 3.8) is 0 Å². The van der Waals surface area contributed by atoms with E-state index in [0.717, 1.165) is 22.4 Å². The second kappa shape index (κ2) is 3.31. The summed E-state index contributed by atoms with van der Waals surface area (Å²) >= 11 is 0. The van der Waals surface area contributed by atoms with Gasteiger partial charge in [-0.2, -0.15) is 5.10 Å². The molecule has 0 aliphatic heterocycles. The van der Waals surface area contributed by atoms with Crippen molar-refractivity contribution in [2.75, 3.05) is 5.73 Å². The lowest BCUT2D eigenvalue weighted by molar-refractivity contribution is 0.767. The van der Waals surface area contributed by atoms with E-state index in [1.54, 1.807) is 21.6 Å². The smallest absolute Gasteiger partial charge is 0.207 e. The highest BCUT2D eigenvalue weighted by atomic mass is 15.3. The van der Waals surface area contributed by atoms with E-state index in [-0.39, 0.29) is 0 Å². The Morgan fingerprint density at radius 2 is 2.18 bits per heavy atom. The zero-order valence-electron chi connectivity index (χ0n) is 9.62. The van der Waals surface area contributed by atoms with Gasteiger partial charge in [-0.25, -0.2) is 9.97 Å². The number of hydrogen-bond donors (Lipinski definition) is 1. The maximum absolute atomic E-state index is 5.94. The first-order valence-electron chi connectivity index (χ1n) is 5.25. The minimum Gasteiger partial charge on any atom is -0.369 e. The molecule has 0 aliphatic rings. The number of nitrogen functional groups attached to an aromatic ring is 1. The molecule has 6 heteroatoms. The average Bonchev–Trinajstić information content (AvgIpc) is 2.82. The first-order chi connectivity index (χ1) is 8.16. The average molecular weight is 228 g/mol. The summed E-state index contributed by atoms with van der Waals surface area (Å²) in [6.45, 7) is 1.99. The molecule has 0 amide bonds. The van der Waals surface area contributed by atoms with Gasteiger partial charge in [0.25, 0.3) is 0 Å². The van der Waals surface area contributed by atoms with Gasteiger partial charge in [0, 0.05) is 19.4 Å². The Hall–Kier alpha value is -2.37. The normalized spacial score (nSPS) is 11.2. The van der Waals surface area contributed by atoms with Crippen molar-refractivity contribution in [3.8, 4) is 5.69 Å². The summed E-state index contributed by atoms with van der Waals surface area (Å²) < 4.78 is 3.52. The van der Waals surface area contributed by atoms with Crippen molar-refractivity contribution in [1.29, 1.82) is 0 Å². The van der Waals surface area contributed by atoms with Crippen molar-refractivity contribution < 1.29 is 0 Å². The minimum absolute atomic E-state index is 0.426. The molecular formula is C11H12N6. The largest absolute Gasteiger partial charge is 0.369 e. The molecule has 0 fully saturated rings. The first-order valence-corrected chi connectivity index (χ1v) is 5.25. The van der Waals surface area contributed by atoms with E-state index in [4.69, 9.17) is 5.73 Å². The summed E-state index contributed by atoms with van der Waals surface area (Å²) in [5.74, 6) is 0.426. The van der Waals surface area contributed by atoms with Gasteiger partial charge in [0.15, 0.2) is 5.65 Å². The second-order valence-corrected chi connectivity index (χ2v) is 3.98. The van der Waals surface area contributed by atoms with Crippen LogP contribution in [0.2, 0.25) is 0 Å². The lowest BCUT2D eigenvalue weighted by Gasteiger charge is -2.01. The Morgan fingerprint density at radius 1 is 1.35 bits per heavy atom. The standard InChI is InChI=1S/C11H12N6/c1-7-3-4-13-10-9(7)15-11(12)17(10)8-5-14-16(2)6-8/h3-6H,1-2H3,(H2,12,15). The third-order valence-electron chi connectivity index (χ3n) is 2.72. The van der Waals surface area contributed by atoms with E-state index in [1.165, 1.54) is 0 Å². The molecule has 6 nitrogen and oxygen atoms in total. The number of hydrogen-bond acceptors (Lipinski definition) is 4. The van der Waals surface area contributed by atoms with Gasteiger partial charge >= 0.3 is 0 Å². The summed E-state index contributed by atoms with van der Waals surface area (Å²) in [6, 6.07) is 1.92. The van der Waals surface area contributed by atoms with Gasteiger partial charge in [-0.3, -0.25) is 9.25 Å². The SMILES string of the molecule is Cc1ccnc2c1nc(N)n2-c1cnn(C)c1. The highest BCUT2D eigenvalue weighted by molar-refractivity contribution is 5.79. The van der Waals surface area contributed by atoms with E-state index in [2.05, 4.69) is 15.1 Å². The fourth-order valence-corrected chi connectivity index (χ4v) is 1.89. The van der Waals surface area contributed by atoms with Gasteiger partial charge in [0.2, 0.25) is 5.95 Å². The van der Waals surface area contributed by atoms with E-state index in [0.29, 0.717) is 5.95 Å². The Morgan fingerprint density at radius 3 is 2.88 bits per heavy atom. The minimum atomic E-state index is 0.426. The molecule has 17 heavy (non-hydrogen) atoms. The number of pyridine rings is 1. The van der Waals surface area contributed by atoms with Gasteiger partial charge in [-0.15, -0.1) is 0 Å². The summed E-state index contributed by atoms with van der Waals surface area (Å²) in [6.07, 6.45) is 5.37. The molecule has 0 bridgehead atoms. The van der Waals surface area contributed by atoms with Gasteiger partial charge < -0.3 is 5.73 Å². The van der Waals surface area contributed by atoms with Crippen molar-refractivity contribution in [1.82, 2.24) is 24.3 Å². The van der Waals surface area contributed by atoms with Crippen LogP contribution in [0.1, 0.15) is 5.56 Å². The number of imidazole rings is 1. The van der Waals surface area contributed by atoms with E-state index >= 15 is 0 Å². The van der Waals surface area contributed by atoms with Crippen LogP contribution in [0.3, 0.4) is 0 Å². The van der Waals surface area contributed by atoms with Gasteiger partial charge in [-0.05, 0) is 18.6 Å². The Balaban J connectivity index is 2.36. The van der Waals surface area contributed by atoms with Gasteiger partial charge in [0.1, 0.15) is 5.52 Å².